The van der Waals surface area contributed by atoms with Crippen molar-refractivity contribution in [3.8, 4) is 0 Å². The summed E-state index contributed by atoms with van der Waals surface area (Å²) in [6, 6.07) is 41.1. The molecule has 0 heterocycles. The first-order valence-corrected chi connectivity index (χ1v) is 10.3. The summed E-state index contributed by atoms with van der Waals surface area (Å²) in [5.74, 6) is 0. The number of benzene rings is 4. The molecule has 0 N–H and O–H groups in total. The van der Waals surface area contributed by atoms with Gasteiger partial charge < -0.3 is 4.90 Å². The minimum absolute atomic E-state index is 0.916. The molecule has 0 radical (unpaired) electrons. The number of nitrogens with zero attached hydrogens (tertiary/aromatic N) is 1. The number of hydrogen-bond donors (Lipinski definition) is 0. The van der Waals surface area contributed by atoms with Crippen molar-refractivity contribution < 1.29 is 0 Å². The van der Waals surface area contributed by atoms with E-state index >= 15 is 0 Å². The van der Waals surface area contributed by atoms with E-state index in [4.69, 9.17) is 0 Å². The minimum Gasteiger partial charge on any atom is -0.367 e. The van der Waals surface area contributed by atoms with Gasteiger partial charge in [-0.05, 0) is 41.2 Å². The van der Waals surface area contributed by atoms with Gasteiger partial charge >= 0.3 is 0 Å². The third-order valence-corrected chi connectivity index (χ3v) is 5.30. The maximum absolute atomic E-state index is 2.53. The predicted molar refractivity (Wildman–Crippen MR) is 123 cm³/mol. The molecule has 0 unspecified atom stereocenters. The van der Waals surface area contributed by atoms with E-state index in [-0.39, 0.29) is 0 Å². The zero-order valence-corrected chi connectivity index (χ0v) is 16.7. The lowest BCUT2D eigenvalue weighted by atomic mass is 10.0. The van der Waals surface area contributed by atoms with Gasteiger partial charge in [-0.25, -0.2) is 0 Å². The second kappa shape index (κ2) is 9.75. The van der Waals surface area contributed by atoms with Crippen LogP contribution in [0, 0.1) is 0 Å². The van der Waals surface area contributed by atoms with Crippen LogP contribution in [0.2, 0.25) is 0 Å². The van der Waals surface area contributed by atoms with E-state index in [2.05, 4.69) is 120 Å². The highest BCUT2D eigenvalue weighted by Crippen LogP contribution is 2.25. The van der Waals surface area contributed by atoms with Crippen LogP contribution in [-0.2, 0) is 19.4 Å². The standard InChI is InChI=1S/C28H27N/c1-4-12-24(13-5-1)20-21-29(23-26-16-8-3-9-17-26)28-19-11-10-18-27(28)22-25-14-6-2-7-15-25/h1-19H,20-23H2. The first-order chi connectivity index (χ1) is 14.4. The number of hydrogen-bond acceptors (Lipinski definition) is 1. The summed E-state index contributed by atoms with van der Waals surface area (Å²) in [7, 11) is 0. The van der Waals surface area contributed by atoms with Gasteiger partial charge in [0.25, 0.3) is 0 Å². The molecule has 0 bridgehead atoms. The van der Waals surface area contributed by atoms with Crippen LogP contribution in [0.5, 0.6) is 0 Å². The van der Waals surface area contributed by atoms with Gasteiger partial charge in [0.05, 0.1) is 0 Å². The average Bonchev–Trinajstić information content (AvgIpc) is 2.79. The number of para-hydroxylation sites is 1. The van der Waals surface area contributed by atoms with E-state index in [0.717, 1.165) is 25.9 Å². The summed E-state index contributed by atoms with van der Waals surface area (Å²) in [4.78, 5) is 2.53. The molecule has 4 aromatic rings. The van der Waals surface area contributed by atoms with Crippen molar-refractivity contribution in [3.05, 3.63) is 138 Å². The van der Waals surface area contributed by atoms with Crippen LogP contribution in [0.15, 0.2) is 115 Å². The molecule has 29 heavy (non-hydrogen) atoms. The molecule has 0 saturated heterocycles. The van der Waals surface area contributed by atoms with Crippen molar-refractivity contribution in [1.82, 2.24) is 0 Å². The van der Waals surface area contributed by atoms with Crippen LogP contribution in [0.3, 0.4) is 0 Å². The van der Waals surface area contributed by atoms with Crippen LogP contribution in [0.1, 0.15) is 22.3 Å². The van der Waals surface area contributed by atoms with Crippen LogP contribution >= 0.6 is 0 Å². The van der Waals surface area contributed by atoms with Crippen LogP contribution < -0.4 is 4.90 Å². The fourth-order valence-electron chi connectivity index (χ4n) is 3.78. The van der Waals surface area contributed by atoms with Gasteiger partial charge in [-0.15, -0.1) is 0 Å². The Balaban J connectivity index is 1.61. The second-order valence-corrected chi connectivity index (χ2v) is 7.43. The van der Waals surface area contributed by atoms with Crippen molar-refractivity contribution in [2.45, 2.75) is 19.4 Å². The van der Waals surface area contributed by atoms with Gasteiger partial charge in [-0.1, -0.05) is 109 Å². The van der Waals surface area contributed by atoms with E-state index < -0.39 is 0 Å². The SMILES string of the molecule is c1ccc(CCN(Cc2ccccc2)c2ccccc2Cc2ccccc2)cc1. The van der Waals surface area contributed by atoms with Crippen molar-refractivity contribution in [1.29, 1.82) is 0 Å². The van der Waals surface area contributed by atoms with E-state index in [9.17, 15) is 0 Å². The zero-order valence-electron chi connectivity index (χ0n) is 16.7. The predicted octanol–water partition coefficient (Wildman–Crippen LogP) is 6.53. The molecule has 1 heteroatoms. The molecule has 0 aliphatic carbocycles. The third-order valence-electron chi connectivity index (χ3n) is 5.30. The Hall–Kier alpha value is -3.32. The van der Waals surface area contributed by atoms with Crippen molar-refractivity contribution >= 4 is 5.69 Å². The molecule has 0 aliphatic rings. The normalized spacial score (nSPS) is 10.6. The number of rotatable bonds is 8. The molecule has 0 atom stereocenters. The lowest BCUT2D eigenvalue weighted by Gasteiger charge is -2.28. The Morgan fingerprint density at radius 3 is 1.66 bits per heavy atom. The molecule has 4 aromatic carbocycles. The lowest BCUT2D eigenvalue weighted by molar-refractivity contribution is 0.777. The smallest absolute Gasteiger partial charge is 0.0429 e. The Morgan fingerprint density at radius 2 is 1.00 bits per heavy atom. The largest absolute Gasteiger partial charge is 0.367 e. The van der Waals surface area contributed by atoms with Gasteiger partial charge in [0.2, 0.25) is 0 Å². The summed E-state index contributed by atoms with van der Waals surface area (Å²) in [5, 5.41) is 0. The number of anilines is 1. The first kappa shape index (κ1) is 19.0. The first-order valence-electron chi connectivity index (χ1n) is 10.3. The molecular weight excluding hydrogens is 350 g/mol. The fourth-order valence-corrected chi connectivity index (χ4v) is 3.78. The van der Waals surface area contributed by atoms with Gasteiger partial charge in [-0.2, -0.15) is 0 Å². The van der Waals surface area contributed by atoms with Crippen LogP contribution in [-0.4, -0.2) is 6.54 Å². The fraction of sp³-hybridized carbons (Fsp3) is 0.143. The molecule has 0 aromatic heterocycles. The van der Waals surface area contributed by atoms with E-state index in [0.29, 0.717) is 0 Å². The second-order valence-electron chi connectivity index (χ2n) is 7.43. The minimum atomic E-state index is 0.916. The monoisotopic (exact) mass is 377 g/mol. The Morgan fingerprint density at radius 1 is 0.483 bits per heavy atom. The van der Waals surface area contributed by atoms with Crippen LogP contribution in [0.4, 0.5) is 5.69 Å². The van der Waals surface area contributed by atoms with Crippen molar-refractivity contribution in [2.75, 3.05) is 11.4 Å². The van der Waals surface area contributed by atoms with Crippen LogP contribution in [0.25, 0.3) is 0 Å². The molecule has 1 nitrogen and oxygen atoms in total. The summed E-state index contributed by atoms with van der Waals surface area (Å²) < 4.78 is 0. The maximum atomic E-state index is 2.53. The summed E-state index contributed by atoms with van der Waals surface area (Å²) in [6.45, 7) is 1.91. The van der Waals surface area contributed by atoms with Gasteiger partial charge in [0.15, 0.2) is 0 Å². The van der Waals surface area contributed by atoms with Gasteiger partial charge in [0, 0.05) is 18.8 Å². The van der Waals surface area contributed by atoms with Gasteiger partial charge in [-0.3, -0.25) is 0 Å². The molecule has 144 valence electrons. The van der Waals surface area contributed by atoms with Gasteiger partial charge in [0.1, 0.15) is 0 Å². The molecule has 0 saturated carbocycles. The third kappa shape index (κ3) is 5.36. The molecular formula is C28H27N. The molecule has 0 fully saturated rings. The highest BCUT2D eigenvalue weighted by atomic mass is 15.1. The summed E-state index contributed by atoms with van der Waals surface area (Å²) in [6.07, 6.45) is 1.99. The molecule has 0 spiro atoms. The highest BCUT2D eigenvalue weighted by Gasteiger charge is 2.12. The lowest BCUT2D eigenvalue weighted by Crippen LogP contribution is -2.26. The van der Waals surface area contributed by atoms with E-state index in [1.165, 1.54) is 27.9 Å². The molecule has 0 amide bonds. The summed E-state index contributed by atoms with van der Waals surface area (Å²) in [5.41, 5.74) is 6.78. The Bertz CT molecular complexity index is 994. The Labute approximate surface area is 174 Å². The maximum Gasteiger partial charge on any atom is 0.0429 e. The van der Waals surface area contributed by atoms with E-state index in [1.54, 1.807) is 0 Å². The highest BCUT2D eigenvalue weighted by molar-refractivity contribution is 5.55. The Kier molecular flexibility index (Phi) is 6.39. The van der Waals surface area contributed by atoms with Crippen molar-refractivity contribution in [3.63, 3.8) is 0 Å². The topological polar surface area (TPSA) is 3.24 Å². The molecule has 4 rings (SSSR count). The quantitative estimate of drug-likeness (QED) is 0.337. The zero-order chi connectivity index (χ0) is 19.7. The molecule has 0 aliphatic heterocycles. The summed E-state index contributed by atoms with van der Waals surface area (Å²) >= 11 is 0. The van der Waals surface area contributed by atoms with Crippen molar-refractivity contribution in [2.24, 2.45) is 0 Å². The van der Waals surface area contributed by atoms with E-state index in [1.807, 2.05) is 0 Å². The average molecular weight is 378 g/mol.